The summed E-state index contributed by atoms with van der Waals surface area (Å²) in [6.45, 7) is 2.03. The molecule has 17 heavy (non-hydrogen) atoms. The first-order valence-electron chi connectivity index (χ1n) is 5.57. The summed E-state index contributed by atoms with van der Waals surface area (Å²) in [5, 5.41) is 3.51. The number of aryl methyl sites for hydroxylation is 1. The molecule has 2 aromatic rings. The van der Waals surface area contributed by atoms with Gasteiger partial charge in [-0.05, 0) is 36.6 Å². The quantitative estimate of drug-likeness (QED) is 0.828. The third-order valence-electron chi connectivity index (χ3n) is 2.67. The van der Waals surface area contributed by atoms with E-state index in [0.717, 1.165) is 5.39 Å². The fourth-order valence-electron chi connectivity index (χ4n) is 1.86. The lowest BCUT2D eigenvalue weighted by molar-refractivity contribution is -0.118. The lowest BCUT2D eigenvalue weighted by Gasteiger charge is -2.05. The van der Waals surface area contributed by atoms with Gasteiger partial charge in [-0.2, -0.15) is 0 Å². The van der Waals surface area contributed by atoms with Gasteiger partial charge in [0.05, 0.1) is 6.26 Å². The lowest BCUT2D eigenvalue weighted by atomic mass is 10.0. The molecular weight excluding hydrogens is 221 g/mol. The van der Waals surface area contributed by atoms with Crippen molar-refractivity contribution < 1.29 is 13.6 Å². The number of hydrogen-bond acceptors (Lipinski definition) is 2. The van der Waals surface area contributed by atoms with Gasteiger partial charge in [0.2, 0.25) is 5.91 Å². The van der Waals surface area contributed by atoms with Gasteiger partial charge in [0.1, 0.15) is 11.4 Å². The molecule has 1 amide bonds. The number of halogens is 1. The van der Waals surface area contributed by atoms with Crippen LogP contribution >= 0.6 is 0 Å². The molecule has 0 saturated carbocycles. The molecule has 2 rings (SSSR count). The van der Waals surface area contributed by atoms with Crippen LogP contribution in [-0.4, -0.2) is 12.5 Å². The zero-order valence-corrected chi connectivity index (χ0v) is 9.63. The Kier molecular flexibility index (Phi) is 3.42. The molecule has 3 nitrogen and oxygen atoms in total. The average molecular weight is 235 g/mol. The molecule has 0 bridgehead atoms. The summed E-state index contributed by atoms with van der Waals surface area (Å²) < 4.78 is 18.9. The second-order valence-corrected chi connectivity index (χ2v) is 3.94. The summed E-state index contributed by atoms with van der Waals surface area (Å²) in [5.41, 5.74) is 1.35. The van der Waals surface area contributed by atoms with Crippen molar-refractivity contribution in [1.82, 2.24) is 5.32 Å². The highest BCUT2D eigenvalue weighted by Gasteiger charge is 2.09. The molecule has 0 fully saturated rings. The summed E-state index contributed by atoms with van der Waals surface area (Å²) in [4.78, 5) is 10.7. The second kappa shape index (κ2) is 4.99. The number of hydrogen-bond donors (Lipinski definition) is 1. The van der Waals surface area contributed by atoms with E-state index in [4.69, 9.17) is 4.42 Å². The Hall–Kier alpha value is -1.84. The van der Waals surface area contributed by atoms with E-state index in [0.29, 0.717) is 30.5 Å². The maximum atomic E-state index is 13.7. The number of carbonyl (C=O) groups is 1. The lowest BCUT2D eigenvalue weighted by Crippen LogP contribution is -2.21. The van der Waals surface area contributed by atoms with Gasteiger partial charge in [0.25, 0.3) is 0 Å². The molecule has 4 heteroatoms. The van der Waals surface area contributed by atoms with Crippen LogP contribution in [0.25, 0.3) is 11.0 Å². The van der Waals surface area contributed by atoms with Crippen molar-refractivity contribution in [2.24, 2.45) is 0 Å². The third kappa shape index (κ3) is 2.64. The van der Waals surface area contributed by atoms with Gasteiger partial charge in [-0.15, -0.1) is 0 Å². The SMILES string of the molecule is CC(=O)NCCCc1c(F)ccc2occc12. The molecule has 0 aliphatic rings. The molecule has 1 heterocycles. The molecule has 1 aromatic heterocycles. The predicted molar refractivity (Wildman–Crippen MR) is 63.2 cm³/mol. The summed E-state index contributed by atoms with van der Waals surface area (Å²) >= 11 is 0. The fraction of sp³-hybridized carbons (Fsp3) is 0.308. The van der Waals surface area contributed by atoms with Crippen LogP contribution in [0.1, 0.15) is 18.9 Å². The molecule has 0 unspecified atom stereocenters. The first-order chi connectivity index (χ1) is 8.18. The topological polar surface area (TPSA) is 42.2 Å². The van der Waals surface area contributed by atoms with Crippen LogP contribution in [0.4, 0.5) is 4.39 Å². The number of nitrogens with one attached hydrogen (secondary N) is 1. The van der Waals surface area contributed by atoms with Crippen molar-refractivity contribution in [3.05, 3.63) is 35.8 Å². The number of fused-ring (bicyclic) bond motifs is 1. The molecule has 90 valence electrons. The predicted octanol–water partition coefficient (Wildman–Crippen LogP) is 2.64. The highest BCUT2D eigenvalue weighted by molar-refractivity contribution is 5.81. The van der Waals surface area contributed by atoms with Gasteiger partial charge in [0.15, 0.2) is 0 Å². The van der Waals surface area contributed by atoms with Gasteiger partial charge in [-0.25, -0.2) is 4.39 Å². The second-order valence-electron chi connectivity index (χ2n) is 3.94. The first-order valence-corrected chi connectivity index (χ1v) is 5.57. The van der Waals surface area contributed by atoms with Crippen LogP contribution < -0.4 is 5.32 Å². The molecule has 1 aromatic carbocycles. The van der Waals surface area contributed by atoms with Crippen molar-refractivity contribution >= 4 is 16.9 Å². The monoisotopic (exact) mass is 235 g/mol. The van der Waals surface area contributed by atoms with E-state index in [2.05, 4.69) is 5.32 Å². The fourth-order valence-corrected chi connectivity index (χ4v) is 1.86. The van der Waals surface area contributed by atoms with E-state index in [9.17, 15) is 9.18 Å². The zero-order valence-electron chi connectivity index (χ0n) is 9.63. The molecule has 0 aliphatic heterocycles. The Balaban J connectivity index is 2.09. The highest BCUT2D eigenvalue weighted by Crippen LogP contribution is 2.23. The summed E-state index contributed by atoms with van der Waals surface area (Å²) in [6, 6.07) is 4.81. The average Bonchev–Trinajstić information content (AvgIpc) is 2.74. The van der Waals surface area contributed by atoms with Gasteiger partial charge in [0, 0.05) is 18.9 Å². The Morgan fingerprint density at radius 3 is 3.00 bits per heavy atom. The Labute approximate surface area is 98.6 Å². The molecule has 0 saturated heterocycles. The van der Waals surface area contributed by atoms with Crippen LogP contribution in [0.2, 0.25) is 0 Å². The maximum Gasteiger partial charge on any atom is 0.216 e. The van der Waals surface area contributed by atoms with E-state index in [1.165, 1.54) is 13.0 Å². The van der Waals surface area contributed by atoms with Crippen molar-refractivity contribution in [2.75, 3.05) is 6.54 Å². The van der Waals surface area contributed by atoms with Crippen LogP contribution in [0.5, 0.6) is 0 Å². The summed E-state index contributed by atoms with van der Waals surface area (Å²) in [5.74, 6) is -0.284. The van der Waals surface area contributed by atoms with Crippen molar-refractivity contribution in [1.29, 1.82) is 0 Å². The van der Waals surface area contributed by atoms with Crippen molar-refractivity contribution in [3.63, 3.8) is 0 Å². The van der Waals surface area contributed by atoms with Gasteiger partial charge < -0.3 is 9.73 Å². The van der Waals surface area contributed by atoms with E-state index in [-0.39, 0.29) is 11.7 Å². The minimum absolute atomic E-state index is 0.0630. The van der Waals surface area contributed by atoms with Crippen LogP contribution in [-0.2, 0) is 11.2 Å². The molecule has 0 aliphatic carbocycles. The van der Waals surface area contributed by atoms with Crippen LogP contribution in [0, 0.1) is 5.82 Å². The number of amides is 1. The third-order valence-corrected chi connectivity index (χ3v) is 2.67. The number of rotatable bonds is 4. The standard InChI is InChI=1S/C13H14FNO2/c1-9(16)15-7-2-3-10-11-6-8-17-13(11)5-4-12(10)14/h4-6,8H,2-3,7H2,1H3,(H,15,16). The molecule has 0 atom stereocenters. The molecular formula is C13H14FNO2. The normalized spacial score (nSPS) is 10.7. The Morgan fingerprint density at radius 1 is 1.41 bits per heavy atom. The van der Waals surface area contributed by atoms with Crippen LogP contribution in [0.3, 0.4) is 0 Å². The minimum atomic E-state index is -0.221. The van der Waals surface area contributed by atoms with Gasteiger partial charge in [-0.3, -0.25) is 4.79 Å². The van der Waals surface area contributed by atoms with E-state index >= 15 is 0 Å². The van der Waals surface area contributed by atoms with Gasteiger partial charge >= 0.3 is 0 Å². The zero-order chi connectivity index (χ0) is 12.3. The number of benzene rings is 1. The van der Waals surface area contributed by atoms with Crippen LogP contribution in [0.15, 0.2) is 28.9 Å². The number of carbonyl (C=O) groups excluding carboxylic acids is 1. The highest BCUT2D eigenvalue weighted by atomic mass is 19.1. The summed E-state index contributed by atoms with van der Waals surface area (Å²) in [7, 11) is 0. The largest absolute Gasteiger partial charge is 0.464 e. The maximum absolute atomic E-state index is 13.7. The van der Waals surface area contributed by atoms with E-state index < -0.39 is 0 Å². The Morgan fingerprint density at radius 2 is 2.24 bits per heavy atom. The smallest absolute Gasteiger partial charge is 0.216 e. The van der Waals surface area contributed by atoms with Gasteiger partial charge in [-0.1, -0.05) is 0 Å². The Bertz CT molecular complexity index is 533. The molecule has 0 spiro atoms. The summed E-state index contributed by atoms with van der Waals surface area (Å²) in [6.07, 6.45) is 2.85. The molecule has 1 N–H and O–H groups in total. The van der Waals surface area contributed by atoms with E-state index in [1.54, 1.807) is 18.4 Å². The van der Waals surface area contributed by atoms with Crippen molar-refractivity contribution in [2.45, 2.75) is 19.8 Å². The van der Waals surface area contributed by atoms with E-state index in [1.807, 2.05) is 0 Å². The molecule has 0 radical (unpaired) electrons. The van der Waals surface area contributed by atoms with Crippen molar-refractivity contribution in [3.8, 4) is 0 Å². The minimum Gasteiger partial charge on any atom is -0.464 e. The first kappa shape index (κ1) is 11.6. The number of furan rings is 1.